The number of hydrogen-bond donors (Lipinski definition) is 0. The van der Waals surface area contributed by atoms with Crippen LogP contribution >= 0.6 is 0 Å². The maximum Gasteiger partial charge on any atom is -0.0319 e. The van der Waals surface area contributed by atoms with Crippen molar-refractivity contribution in [2.75, 3.05) is 0 Å². The zero-order valence-electron chi connectivity index (χ0n) is 7.84. The average molecular weight is 163 g/mol. The first-order valence-electron chi connectivity index (χ1n) is 5.12. The Morgan fingerprint density at radius 1 is 0.583 bits per heavy atom. The van der Waals surface area contributed by atoms with Crippen molar-refractivity contribution in [3.8, 4) is 0 Å². The summed E-state index contributed by atoms with van der Waals surface area (Å²) in [7, 11) is 0. The topological polar surface area (TPSA) is 0 Å². The molecule has 0 N–H and O–H groups in total. The van der Waals surface area contributed by atoms with E-state index in [1.165, 1.54) is 44.9 Å². The predicted molar refractivity (Wildman–Crippen MR) is 54.9 cm³/mol. The summed E-state index contributed by atoms with van der Waals surface area (Å²) in [5.74, 6) is 0. The van der Waals surface area contributed by atoms with E-state index in [4.69, 9.17) is 0 Å². The molecule has 0 atom stereocenters. The van der Waals surface area contributed by atoms with Crippen LogP contribution < -0.4 is 0 Å². The average Bonchev–Trinajstić information content (AvgIpc) is 2.05. The van der Waals surface area contributed by atoms with Gasteiger partial charge in [-0.15, -0.1) is 0 Å². The van der Waals surface area contributed by atoms with Gasteiger partial charge in [-0.1, -0.05) is 24.3 Å². The fourth-order valence-corrected chi connectivity index (χ4v) is 1.40. The van der Waals surface area contributed by atoms with E-state index >= 15 is 0 Å². The molecule has 0 saturated carbocycles. The molecule has 0 aromatic carbocycles. The van der Waals surface area contributed by atoms with Gasteiger partial charge >= 0.3 is 0 Å². The maximum atomic E-state index is 2.38. The number of allylic oxidation sites excluding steroid dienone is 4. The summed E-state index contributed by atoms with van der Waals surface area (Å²) in [6.07, 6.45) is 20.5. The van der Waals surface area contributed by atoms with Gasteiger partial charge in [0.25, 0.3) is 0 Å². The Bertz CT molecular complexity index is 126. The lowest BCUT2D eigenvalue weighted by Crippen LogP contribution is -1.78. The second-order valence-electron chi connectivity index (χ2n) is 3.33. The first kappa shape index (κ1) is 9.57. The van der Waals surface area contributed by atoms with Crippen molar-refractivity contribution in [1.29, 1.82) is 0 Å². The monoisotopic (exact) mass is 163 g/mol. The van der Waals surface area contributed by atoms with Crippen LogP contribution in [0.2, 0.25) is 0 Å². The fraction of sp³-hybridized carbons (Fsp3) is 0.583. The summed E-state index contributed by atoms with van der Waals surface area (Å²) >= 11 is 0. The molecule has 0 aliphatic heterocycles. The molecule has 0 amide bonds. The van der Waals surface area contributed by atoms with E-state index in [0.717, 1.165) is 0 Å². The van der Waals surface area contributed by atoms with Crippen molar-refractivity contribution in [2.45, 2.75) is 44.9 Å². The zero-order valence-corrected chi connectivity index (χ0v) is 7.84. The van der Waals surface area contributed by atoms with Crippen molar-refractivity contribution < 1.29 is 0 Å². The van der Waals surface area contributed by atoms with Crippen molar-refractivity contribution in [2.24, 2.45) is 0 Å². The highest BCUT2D eigenvalue weighted by Crippen LogP contribution is 2.07. The van der Waals surface area contributed by atoms with E-state index in [9.17, 15) is 0 Å². The lowest BCUT2D eigenvalue weighted by atomic mass is 10.1. The van der Waals surface area contributed by atoms with Crippen LogP contribution in [0.25, 0.3) is 0 Å². The highest BCUT2D eigenvalue weighted by atomic mass is 13.9. The molecule has 0 aromatic rings. The summed E-state index contributed by atoms with van der Waals surface area (Å²) in [5.41, 5.74) is 0. The Hall–Kier alpha value is -0.520. The Kier molecular flexibility index (Phi) is 5.70. The minimum absolute atomic E-state index is 1.17. The van der Waals surface area contributed by atoms with Gasteiger partial charge in [0.1, 0.15) is 0 Å². The first-order valence-corrected chi connectivity index (χ1v) is 5.12. The molecule has 0 saturated heterocycles. The molecule has 1 aliphatic carbocycles. The molecule has 1 rings (SSSR count). The van der Waals surface area contributed by atoms with Gasteiger partial charge < -0.3 is 0 Å². The van der Waals surface area contributed by atoms with Crippen LogP contribution in [0, 0.1) is 6.42 Å². The van der Waals surface area contributed by atoms with Gasteiger partial charge in [-0.2, -0.15) is 0 Å². The van der Waals surface area contributed by atoms with Gasteiger partial charge in [0.2, 0.25) is 0 Å². The third-order valence-corrected chi connectivity index (χ3v) is 2.16. The minimum Gasteiger partial charge on any atom is -0.0885 e. The Morgan fingerprint density at radius 2 is 1.17 bits per heavy atom. The molecule has 0 unspecified atom stereocenters. The molecule has 12 heavy (non-hydrogen) atoms. The lowest BCUT2D eigenvalue weighted by molar-refractivity contribution is 0.795. The van der Waals surface area contributed by atoms with Crippen molar-refractivity contribution in [3.05, 3.63) is 30.7 Å². The van der Waals surface area contributed by atoms with Gasteiger partial charge in [-0.3, -0.25) is 0 Å². The van der Waals surface area contributed by atoms with Crippen molar-refractivity contribution in [3.63, 3.8) is 0 Å². The van der Waals surface area contributed by atoms with E-state index in [1.807, 2.05) is 0 Å². The molecule has 0 bridgehead atoms. The van der Waals surface area contributed by atoms with E-state index in [1.54, 1.807) is 0 Å². The van der Waals surface area contributed by atoms with E-state index < -0.39 is 0 Å². The summed E-state index contributed by atoms with van der Waals surface area (Å²) in [4.78, 5) is 0. The van der Waals surface area contributed by atoms with Crippen LogP contribution in [0.1, 0.15) is 44.9 Å². The van der Waals surface area contributed by atoms with Crippen LogP contribution in [0.5, 0.6) is 0 Å². The van der Waals surface area contributed by atoms with Gasteiger partial charge in [-0.05, 0) is 51.4 Å². The van der Waals surface area contributed by atoms with Gasteiger partial charge in [0.05, 0.1) is 0 Å². The molecule has 0 heterocycles. The third-order valence-electron chi connectivity index (χ3n) is 2.16. The molecule has 0 heteroatoms. The van der Waals surface area contributed by atoms with E-state index in [2.05, 4.69) is 30.7 Å². The van der Waals surface area contributed by atoms with Crippen LogP contribution in [0.3, 0.4) is 0 Å². The summed E-state index contributed by atoms with van der Waals surface area (Å²) < 4.78 is 0. The van der Waals surface area contributed by atoms with E-state index in [0.29, 0.717) is 0 Å². The SMILES string of the molecule is [CH]1C/C=C/CCC/C=C\CCC1. The van der Waals surface area contributed by atoms with Crippen molar-refractivity contribution in [1.82, 2.24) is 0 Å². The predicted octanol–water partition coefficient (Wildman–Crippen LogP) is 4.05. The first-order chi connectivity index (χ1) is 6.00. The van der Waals surface area contributed by atoms with Crippen LogP contribution in [-0.4, -0.2) is 0 Å². The van der Waals surface area contributed by atoms with Crippen molar-refractivity contribution >= 4 is 0 Å². The largest absolute Gasteiger partial charge is 0.0885 e. The smallest absolute Gasteiger partial charge is 0.0319 e. The molecule has 0 nitrogen and oxygen atoms in total. The summed E-state index contributed by atoms with van der Waals surface area (Å²) in [6.45, 7) is 0. The van der Waals surface area contributed by atoms with Gasteiger partial charge in [-0.25, -0.2) is 0 Å². The van der Waals surface area contributed by atoms with Crippen LogP contribution in [0.15, 0.2) is 24.3 Å². The highest BCUT2D eigenvalue weighted by Gasteiger charge is 1.88. The summed E-state index contributed by atoms with van der Waals surface area (Å²) in [6, 6.07) is 0. The standard InChI is InChI=1S/C12H19/c1-2-4-6-8-10-12-11-9-7-5-3-1/h1-2,5,10,12H,3-4,6-9,11H2/b2-1+,12-10-. The summed E-state index contributed by atoms with van der Waals surface area (Å²) in [5, 5.41) is 0. The molecule has 67 valence electrons. The Balaban J connectivity index is 2.19. The van der Waals surface area contributed by atoms with Gasteiger partial charge in [0, 0.05) is 0 Å². The van der Waals surface area contributed by atoms with E-state index in [-0.39, 0.29) is 0 Å². The molecular formula is C12H19. The molecular weight excluding hydrogens is 144 g/mol. The molecule has 1 aliphatic rings. The van der Waals surface area contributed by atoms with Gasteiger partial charge in [0.15, 0.2) is 0 Å². The second kappa shape index (κ2) is 7.15. The quantitative estimate of drug-likeness (QED) is 0.473. The number of hydrogen-bond acceptors (Lipinski definition) is 0. The van der Waals surface area contributed by atoms with Crippen LogP contribution in [-0.2, 0) is 0 Å². The molecule has 0 spiro atoms. The zero-order chi connectivity index (χ0) is 8.49. The van der Waals surface area contributed by atoms with Crippen LogP contribution in [0.4, 0.5) is 0 Å². The molecule has 0 aromatic heterocycles. The Labute approximate surface area is 76.4 Å². The minimum atomic E-state index is 1.17. The normalized spacial score (nSPS) is 26.7. The molecule has 1 radical (unpaired) electrons. The highest BCUT2D eigenvalue weighted by molar-refractivity contribution is 4.90. The second-order valence-corrected chi connectivity index (χ2v) is 3.33. The Morgan fingerprint density at radius 3 is 1.92 bits per heavy atom. The lowest BCUT2D eigenvalue weighted by Gasteiger charge is -1.97. The fourth-order valence-electron chi connectivity index (χ4n) is 1.40. The molecule has 0 fully saturated rings. The number of rotatable bonds is 0. The third kappa shape index (κ3) is 5.17. The maximum absolute atomic E-state index is 2.38.